The van der Waals surface area contributed by atoms with Crippen LogP contribution in [0.15, 0.2) is 47.4 Å². The Morgan fingerprint density at radius 1 is 1.05 bits per heavy atom. The minimum atomic E-state index is -3.67. The van der Waals surface area contributed by atoms with Gasteiger partial charge < -0.3 is 20.1 Å². The van der Waals surface area contributed by atoms with Crippen LogP contribution in [0.5, 0.6) is 0 Å². The largest absolute Gasteiger partial charge is 0.358 e. The molecule has 0 aliphatic carbocycles. The maximum absolute atomic E-state index is 13.3. The van der Waals surface area contributed by atoms with Crippen molar-refractivity contribution in [3.05, 3.63) is 81.1 Å². The number of H-pyrrole nitrogens is 1. The summed E-state index contributed by atoms with van der Waals surface area (Å²) in [4.78, 5) is 33.6. The Morgan fingerprint density at radius 3 is 2.42 bits per heavy atom. The molecule has 198 valence electrons. The summed E-state index contributed by atoms with van der Waals surface area (Å²) in [6.07, 6.45) is 1.69. The number of nitrogens with zero attached hydrogens (tertiary/aromatic N) is 2. The van der Waals surface area contributed by atoms with Crippen molar-refractivity contribution < 1.29 is 18.0 Å². The van der Waals surface area contributed by atoms with E-state index in [1.54, 1.807) is 36.4 Å². The maximum atomic E-state index is 13.3. The molecular formula is C28H29ClN4O4S. The molecule has 2 aromatic carbocycles. The lowest BCUT2D eigenvalue weighted by molar-refractivity contribution is -0.110. The number of hydrogen-bond donors (Lipinski definition) is 2. The highest BCUT2D eigenvalue weighted by atomic mass is 35.5. The highest BCUT2D eigenvalue weighted by molar-refractivity contribution is 7.90. The van der Waals surface area contributed by atoms with E-state index >= 15 is 0 Å². The third kappa shape index (κ3) is 5.01. The van der Waals surface area contributed by atoms with Crippen LogP contribution in [0.25, 0.3) is 11.6 Å². The molecule has 3 heterocycles. The summed E-state index contributed by atoms with van der Waals surface area (Å²) in [5.74, 6) is -0.539. The van der Waals surface area contributed by atoms with E-state index in [4.69, 9.17) is 11.6 Å². The Balaban J connectivity index is 1.46. The van der Waals surface area contributed by atoms with Gasteiger partial charge in [0.05, 0.1) is 21.8 Å². The molecule has 0 spiro atoms. The number of carbonyl (C=O) groups is 2. The van der Waals surface area contributed by atoms with Gasteiger partial charge in [-0.15, -0.1) is 0 Å². The van der Waals surface area contributed by atoms with Gasteiger partial charge in [0, 0.05) is 53.8 Å². The van der Waals surface area contributed by atoms with E-state index in [0.717, 1.165) is 24.3 Å². The van der Waals surface area contributed by atoms with Gasteiger partial charge in [-0.05, 0) is 68.4 Å². The van der Waals surface area contributed by atoms with Crippen molar-refractivity contribution >= 4 is 50.6 Å². The van der Waals surface area contributed by atoms with Crippen molar-refractivity contribution in [3.8, 4) is 0 Å². The first-order valence-electron chi connectivity index (χ1n) is 12.3. The fourth-order valence-corrected chi connectivity index (χ4v) is 6.44. The molecular weight excluding hydrogens is 524 g/mol. The predicted octanol–water partition coefficient (Wildman–Crippen LogP) is 4.14. The van der Waals surface area contributed by atoms with Crippen molar-refractivity contribution in [2.24, 2.45) is 0 Å². The maximum Gasteiger partial charge on any atom is 0.256 e. The van der Waals surface area contributed by atoms with Gasteiger partial charge in [0.2, 0.25) is 0 Å². The number of aromatic amines is 1. The van der Waals surface area contributed by atoms with E-state index in [9.17, 15) is 18.0 Å². The summed E-state index contributed by atoms with van der Waals surface area (Å²) >= 11 is 5.92. The van der Waals surface area contributed by atoms with Gasteiger partial charge in [-0.25, -0.2) is 8.42 Å². The molecule has 2 aliphatic rings. The van der Waals surface area contributed by atoms with Crippen LogP contribution in [0, 0.1) is 13.8 Å². The van der Waals surface area contributed by atoms with Crippen LogP contribution in [0.2, 0.25) is 5.02 Å². The van der Waals surface area contributed by atoms with E-state index in [1.165, 1.54) is 12.1 Å². The number of amides is 2. The zero-order valence-electron chi connectivity index (χ0n) is 21.5. The summed E-state index contributed by atoms with van der Waals surface area (Å²) in [5, 5.41) is 3.34. The number of hydrogen-bond acceptors (Lipinski definition) is 5. The SMILES string of the molecule is Cc1[nH]c(C=C2C(=O)Nc3ccc(S(=O)(=O)Cc4ccc(Cl)cc4)cc32)c(C)c1C(=O)N1CCN(C)CC1. The Kier molecular flexibility index (Phi) is 6.94. The summed E-state index contributed by atoms with van der Waals surface area (Å²) in [6.45, 7) is 6.69. The molecule has 10 heteroatoms. The molecule has 2 amide bonds. The molecule has 38 heavy (non-hydrogen) atoms. The van der Waals surface area contributed by atoms with Crippen molar-refractivity contribution in [2.45, 2.75) is 24.5 Å². The lowest BCUT2D eigenvalue weighted by atomic mass is 10.0. The molecule has 2 aliphatic heterocycles. The number of sulfone groups is 1. The first-order valence-corrected chi connectivity index (χ1v) is 14.4. The topological polar surface area (TPSA) is 103 Å². The molecule has 3 aromatic rings. The summed E-state index contributed by atoms with van der Waals surface area (Å²) in [6, 6.07) is 11.3. The lowest BCUT2D eigenvalue weighted by Gasteiger charge is -2.32. The Bertz CT molecular complexity index is 1570. The monoisotopic (exact) mass is 552 g/mol. The molecule has 0 radical (unpaired) electrons. The van der Waals surface area contributed by atoms with E-state index in [2.05, 4.69) is 15.2 Å². The van der Waals surface area contributed by atoms with Gasteiger partial charge in [0.15, 0.2) is 9.84 Å². The van der Waals surface area contributed by atoms with Crippen molar-refractivity contribution in [1.29, 1.82) is 0 Å². The fraction of sp³-hybridized carbons (Fsp3) is 0.286. The third-order valence-corrected chi connectivity index (χ3v) is 9.11. The van der Waals surface area contributed by atoms with Gasteiger partial charge in [0.1, 0.15) is 0 Å². The Labute approximate surface area is 227 Å². The number of piperazine rings is 1. The van der Waals surface area contributed by atoms with Crippen molar-refractivity contribution in [2.75, 3.05) is 38.5 Å². The highest BCUT2D eigenvalue weighted by Crippen LogP contribution is 2.36. The van der Waals surface area contributed by atoms with Crippen molar-refractivity contribution in [1.82, 2.24) is 14.8 Å². The molecule has 5 rings (SSSR count). The van der Waals surface area contributed by atoms with E-state index < -0.39 is 9.84 Å². The summed E-state index contributed by atoms with van der Waals surface area (Å²) in [7, 11) is -1.63. The minimum absolute atomic E-state index is 0.0270. The summed E-state index contributed by atoms with van der Waals surface area (Å²) in [5.41, 5.74) is 4.75. The molecule has 1 fully saturated rings. The predicted molar refractivity (Wildman–Crippen MR) is 149 cm³/mol. The number of aromatic nitrogens is 1. The number of aryl methyl sites for hydroxylation is 1. The van der Waals surface area contributed by atoms with E-state index in [0.29, 0.717) is 51.8 Å². The van der Waals surface area contributed by atoms with Crippen molar-refractivity contribution in [3.63, 3.8) is 0 Å². The average Bonchev–Trinajstić information content (AvgIpc) is 3.34. The van der Waals surface area contributed by atoms with Crippen LogP contribution in [0.3, 0.4) is 0 Å². The standard InChI is InChI=1S/C28H29ClN4O4S/c1-17-25(30-18(2)26(17)28(35)33-12-10-32(3)11-13-33)15-23-22-14-21(8-9-24(22)31-27(23)34)38(36,37)16-19-4-6-20(29)7-5-19/h4-9,14-15,30H,10-13,16H2,1-3H3,(H,31,34). The van der Waals surface area contributed by atoms with E-state index in [1.807, 2.05) is 25.8 Å². The molecule has 0 unspecified atom stereocenters. The number of carbonyl (C=O) groups excluding carboxylic acids is 2. The zero-order chi connectivity index (χ0) is 27.2. The third-order valence-electron chi connectivity index (χ3n) is 7.17. The lowest BCUT2D eigenvalue weighted by Crippen LogP contribution is -2.47. The average molecular weight is 553 g/mol. The van der Waals surface area contributed by atoms with Crippen LogP contribution >= 0.6 is 11.6 Å². The molecule has 1 saturated heterocycles. The van der Waals surface area contributed by atoms with Crippen LogP contribution in [-0.2, 0) is 20.4 Å². The highest BCUT2D eigenvalue weighted by Gasteiger charge is 2.29. The van der Waals surface area contributed by atoms with Crippen LogP contribution in [0.4, 0.5) is 5.69 Å². The number of rotatable bonds is 5. The first-order chi connectivity index (χ1) is 18.0. The van der Waals surface area contributed by atoms with Gasteiger partial charge in [-0.2, -0.15) is 0 Å². The van der Waals surface area contributed by atoms with Gasteiger partial charge in [-0.1, -0.05) is 23.7 Å². The quantitative estimate of drug-likeness (QED) is 0.463. The second kappa shape index (κ2) is 10.1. The number of halogens is 1. The van der Waals surface area contributed by atoms with Gasteiger partial charge in [-0.3, -0.25) is 9.59 Å². The number of likely N-dealkylation sites (N-methyl/N-ethyl adjacent to an activating group) is 1. The number of nitrogens with one attached hydrogen (secondary N) is 2. The van der Waals surface area contributed by atoms with Gasteiger partial charge >= 0.3 is 0 Å². The molecule has 8 nitrogen and oxygen atoms in total. The second-order valence-corrected chi connectivity index (χ2v) is 12.3. The van der Waals surface area contributed by atoms with Crippen LogP contribution in [0.1, 0.15) is 38.4 Å². The van der Waals surface area contributed by atoms with Crippen LogP contribution < -0.4 is 5.32 Å². The smallest absolute Gasteiger partial charge is 0.256 e. The second-order valence-electron chi connectivity index (χ2n) is 9.86. The minimum Gasteiger partial charge on any atom is -0.358 e. The fourth-order valence-electron chi connectivity index (χ4n) is 4.94. The number of anilines is 1. The molecule has 0 saturated carbocycles. The van der Waals surface area contributed by atoms with Gasteiger partial charge in [0.25, 0.3) is 11.8 Å². The number of benzene rings is 2. The van der Waals surface area contributed by atoms with Crippen LogP contribution in [-0.4, -0.2) is 68.2 Å². The number of fused-ring (bicyclic) bond motifs is 1. The Hall–Kier alpha value is -3.40. The Morgan fingerprint density at radius 2 is 1.74 bits per heavy atom. The first kappa shape index (κ1) is 26.2. The summed E-state index contributed by atoms with van der Waals surface area (Å²) < 4.78 is 26.3. The molecule has 0 bridgehead atoms. The van der Waals surface area contributed by atoms with E-state index in [-0.39, 0.29) is 22.5 Å². The normalized spacial score (nSPS) is 17.1. The molecule has 0 atom stereocenters. The molecule has 1 aromatic heterocycles. The zero-order valence-corrected chi connectivity index (χ0v) is 23.0. The molecule has 2 N–H and O–H groups in total.